The number of phenols is 1. The number of rotatable bonds is 7. The van der Waals surface area contributed by atoms with Crippen molar-refractivity contribution in [2.45, 2.75) is 83.8 Å². The third kappa shape index (κ3) is 6.95. The van der Waals surface area contributed by atoms with E-state index in [1.165, 1.54) is 20.1 Å². The smallest absolute Gasteiger partial charge is 0.335 e. The summed E-state index contributed by atoms with van der Waals surface area (Å²) in [5.74, 6) is -0.594. The van der Waals surface area contributed by atoms with Crippen molar-refractivity contribution < 1.29 is 38.1 Å². The van der Waals surface area contributed by atoms with Gasteiger partial charge in [-0.05, 0) is 30.3 Å². The molecule has 0 aromatic heterocycles. The van der Waals surface area contributed by atoms with Crippen LogP contribution in [0.3, 0.4) is 0 Å². The Morgan fingerprint density at radius 2 is 1.90 bits per heavy atom. The van der Waals surface area contributed by atoms with Gasteiger partial charge in [0.05, 0.1) is 13.7 Å². The molecule has 1 aromatic carbocycles. The van der Waals surface area contributed by atoms with Crippen molar-refractivity contribution in [2.24, 2.45) is 0 Å². The molecule has 3 atom stereocenters. The SMILES string of the molecule is COC(=O)[C@@H]1C[C@H](OC(C)=O)C[C@H](Oc2ccc(CO[Si](C)(C)C(C)(C)C)c(O)c2)O1. The van der Waals surface area contributed by atoms with Gasteiger partial charge in [-0.1, -0.05) is 20.8 Å². The number of hydrogen-bond donors (Lipinski definition) is 1. The number of ether oxygens (including phenoxy) is 4. The fourth-order valence-electron chi connectivity index (χ4n) is 2.90. The molecule has 1 aliphatic rings. The molecular formula is C22H34O8Si. The third-order valence-electron chi connectivity index (χ3n) is 5.76. The number of esters is 2. The molecular weight excluding hydrogens is 420 g/mol. The second-order valence-electron chi connectivity index (χ2n) is 9.24. The van der Waals surface area contributed by atoms with Crippen LogP contribution < -0.4 is 4.74 Å². The molecule has 0 spiro atoms. The molecule has 0 aliphatic carbocycles. The van der Waals surface area contributed by atoms with E-state index in [0.717, 1.165) is 0 Å². The predicted molar refractivity (Wildman–Crippen MR) is 116 cm³/mol. The lowest BCUT2D eigenvalue weighted by Gasteiger charge is -2.36. The molecule has 1 N–H and O–H groups in total. The standard InChI is InChI=1S/C22H34O8Si/c1-14(23)28-17-11-19(21(25)26-5)30-20(12-17)29-16-9-8-15(18(24)10-16)13-27-31(6,7)22(2,3)4/h8-10,17,19-20,24H,11-13H2,1-7H3/t17-,19-,20+/m0/s1. The number of carbonyl (C=O) groups excluding carboxylic acids is 2. The maximum Gasteiger partial charge on any atom is 0.335 e. The summed E-state index contributed by atoms with van der Waals surface area (Å²) < 4.78 is 27.6. The van der Waals surface area contributed by atoms with Crippen LogP contribution >= 0.6 is 0 Å². The summed E-state index contributed by atoms with van der Waals surface area (Å²) in [7, 11) is -0.687. The van der Waals surface area contributed by atoms with Crippen LogP contribution in [0.1, 0.15) is 46.1 Å². The molecule has 8 nitrogen and oxygen atoms in total. The van der Waals surface area contributed by atoms with Crippen LogP contribution in [-0.4, -0.2) is 51.0 Å². The minimum atomic E-state index is -1.95. The van der Waals surface area contributed by atoms with Crippen LogP contribution in [0.5, 0.6) is 11.5 Å². The van der Waals surface area contributed by atoms with Crippen LogP contribution in [0.15, 0.2) is 18.2 Å². The van der Waals surface area contributed by atoms with E-state index >= 15 is 0 Å². The molecule has 9 heteroatoms. The number of hydrogen-bond acceptors (Lipinski definition) is 8. The lowest BCUT2D eigenvalue weighted by molar-refractivity contribution is -0.204. The number of aromatic hydroxyl groups is 1. The zero-order chi connectivity index (χ0) is 23.4. The van der Waals surface area contributed by atoms with Crippen molar-refractivity contribution >= 4 is 20.3 Å². The Labute approximate surface area is 184 Å². The minimum absolute atomic E-state index is 0.0491. The van der Waals surface area contributed by atoms with Gasteiger partial charge in [0.25, 0.3) is 0 Å². The van der Waals surface area contributed by atoms with Gasteiger partial charge in [-0.15, -0.1) is 0 Å². The summed E-state index contributed by atoms with van der Waals surface area (Å²) in [6, 6.07) is 4.92. The molecule has 1 saturated heterocycles. The van der Waals surface area contributed by atoms with Gasteiger partial charge in [0.15, 0.2) is 14.4 Å². The Morgan fingerprint density at radius 1 is 1.23 bits per heavy atom. The van der Waals surface area contributed by atoms with E-state index in [2.05, 4.69) is 33.9 Å². The largest absolute Gasteiger partial charge is 0.507 e. The summed E-state index contributed by atoms with van der Waals surface area (Å²) in [5, 5.41) is 10.5. The normalized spacial score (nSPS) is 22.0. The highest BCUT2D eigenvalue weighted by molar-refractivity contribution is 6.74. The second-order valence-corrected chi connectivity index (χ2v) is 14.0. The van der Waals surface area contributed by atoms with Crippen molar-refractivity contribution in [1.29, 1.82) is 0 Å². The summed E-state index contributed by atoms with van der Waals surface area (Å²) in [4.78, 5) is 23.3. The summed E-state index contributed by atoms with van der Waals surface area (Å²) in [6.45, 7) is 12.4. The Morgan fingerprint density at radius 3 is 2.45 bits per heavy atom. The van der Waals surface area contributed by atoms with Crippen LogP contribution in [-0.2, 0) is 34.8 Å². The highest BCUT2D eigenvalue weighted by Gasteiger charge is 2.38. The van der Waals surface area contributed by atoms with Gasteiger partial charge in [0.2, 0.25) is 6.29 Å². The molecule has 1 heterocycles. The molecule has 0 saturated carbocycles. The van der Waals surface area contributed by atoms with Crippen LogP contribution in [0.4, 0.5) is 0 Å². The van der Waals surface area contributed by atoms with Gasteiger partial charge in [0, 0.05) is 31.4 Å². The Kier molecular flexibility index (Phi) is 8.13. The van der Waals surface area contributed by atoms with Gasteiger partial charge in [-0.25, -0.2) is 4.79 Å². The third-order valence-corrected chi connectivity index (χ3v) is 10.2. The monoisotopic (exact) mass is 454 g/mol. The lowest BCUT2D eigenvalue weighted by Crippen LogP contribution is -2.44. The van der Waals surface area contributed by atoms with Crippen LogP contribution in [0, 0.1) is 0 Å². The van der Waals surface area contributed by atoms with Crippen LogP contribution in [0.25, 0.3) is 0 Å². The molecule has 0 bridgehead atoms. The fraction of sp³-hybridized carbons (Fsp3) is 0.636. The van der Waals surface area contributed by atoms with E-state index in [1.807, 2.05) is 0 Å². The van der Waals surface area contributed by atoms with E-state index in [4.69, 9.17) is 23.4 Å². The molecule has 2 rings (SSSR count). The van der Waals surface area contributed by atoms with E-state index in [-0.39, 0.29) is 23.6 Å². The Bertz CT molecular complexity index is 786. The van der Waals surface area contributed by atoms with Gasteiger partial charge in [-0.3, -0.25) is 4.79 Å². The maximum atomic E-state index is 11.9. The summed E-state index contributed by atoms with van der Waals surface area (Å²) in [6.07, 6.45) is -1.83. The first kappa shape index (κ1) is 25.2. The highest BCUT2D eigenvalue weighted by Crippen LogP contribution is 2.38. The minimum Gasteiger partial charge on any atom is -0.507 e. The first-order valence-corrected chi connectivity index (χ1v) is 13.3. The quantitative estimate of drug-likeness (QED) is 0.489. The lowest BCUT2D eigenvalue weighted by atomic mass is 10.0. The van der Waals surface area contributed by atoms with Crippen LogP contribution in [0.2, 0.25) is 18.1 Å². The van der Waals surface area contributed by atoms with E-state index in [1.54, 1.807) is 12.1 Å². The average molecular weight is 455 g/mol. The molecule has 174 valence electrons. The Balaban J connectivity index is 2.06. The second kappa shape index (κ2) is 10.0. The van der Waals surface area contributed by atoms with Crippen molar-refractivity contribution in [3.05, 3.63) is 23.8 Å². The molecule has 0 amide bonds. The molecule has 0 radical (unpaired) electrons. The summed E-state index contributed by atoms with van der Waals surface area (Å²) >= 11 is 0. The first-order valence-electron chi connectivity index (χ1n) is 10.4. The molecule has 1 fully saturated rings. The predicted octanol–water partition coefficient (Wildman–Crippen LogP) is 3.90. The Hall–Kier alpha value is -2.10. The topological polar surface area (TPSA) is 101 Å². The van der Waals surface area contributed by atoms with Gasteiger partial charge in [-0.2, -0.15) is 0 Å². The van der Waals surface area contributed by atoms with E-state index in [0.29, 0.717) is 17.9 Å². The van der Waals surface area contributed by atoms with Gasteiger partial charge >= 0.3 is 11.9 Å². The molecule has 31 heavy (non-hydrogen) atoms. The maximum absolute atomic E-state index is 11.9. The number of benzene rings is 1. The van der Waals surface area contributed by atoms with Crippen molar-refractivity contribution in [2.75, 3.05) is 7.11 Å². The molecule has 0 unspecified atom stereocenters. The van der Waals surface area contributed by atoms with E-state index < -0.39 is 38.8 Å². The molecule has 1 aliphatic heterocycles. The fourth-order valence-corrected chi connectivity index (χ4v) is 3.85. The van der Waals surface area contributed by atoms with Crippen molar-refractivity contribution in [3.63, 3.8) is 0 Å². The first-order chi connectivity index (χ1) is 14.3. The number of phenolic OH excluding ortho intramolecular Hbond substituents is 1. The number of methoxy groups -OCH3 is 1. The average Bonchev–Trinajstić information content (AvgIpc) is 2.65. The zero-order valence-electron chi connectivity index (χ0n) is 19.4. The highest BCUT2D eigenvalue weighted by atomic mass is 28.4. The molecule has 1 aromatic rings. The van der Waals surface area contributed by atoms with Crippen molar-refractivity contribution in [1.82, 2.24) is 0 Å². The zero-order valence-corrected chi connectivity index (χ0v) is 20.4. The van der Waals surface area contributed by atoms with E-state index in [9.17, 15) is 14.7 Å². The van der Waals surface area contributed by atoms with Gasteiger partial charge in [0.1, 0.15) is 17.6 Å². The van der Waals surface area contributed by atoms with Crippen molar-refractivity contribution in [3.8, 4) is 11.5 Å². The van der Waals surface area contributed by atoms with Gasteiger partial charge < -0.3 is 28.5 Å². The summed E-state index contributed by atoms with van der Waals surface area (Å²) in [5.41, 5.74) is 0.659. The number of carbonyl (C=O) groups is 2.